The van der Waals surface area contributed by atoms with Gasteiger partial charge >= 0.3 is 0 Å². The van der Waals surface area contributed by atoms with Crippen LogP contribution in [-0.4, -0.2) is 41.9 Å². The van der Waals surface area contributed by atoms with E-state index in [4.69, 9.17) is 16.7 Å². The average molecular weight is 321 g/mol. The van der Waals surface area contributed by atoms with Crippen molar-refractivity contribution in [2.24, 2.45) is 0 Å². The van der Waals surface area contributed by atoms with Gasteiger partial charge in [-0.25, -0.2) is 8.42 Å². The molecule has 1 aromatic carbocycles. The second kappa shape index (κ2) is 5.65. The summed E-state index contributed by atoms with van der Waals surface area (Å²) in [6.07, 6.45) is 1.39. The van der Waals surface area contributed by atoms with E-state index in [0.717, 1.165) is 16.4 Å². The van der Waals surface area contributed by atoms with Crippen LogP contribution in [0.25, 0.3) is 0 Å². The third kappa shape index (κ3) is 2.93. The third-order valence-electron chi connectivity index (χ3n) is 2.98. The van der Waals surface area contributed by atoms with Crippen LogP contribution < -0.4 is 0 Å². The van der Waals surface area contributed by atoms with E-state index in [1.807, 2.05) is 0 Å². The Balaban J connectivity index is 2.50. The molecular weight excluding hydrogens is 308 g/mol. The summed E-state index contributed by atoms with van der Waals surface area (Å²) in [7, 11) is -4.02. The molecule has 0 atom stereocenters. The minimum absolute atomic E-state index is 0.0766. The van der Waals surface area contributed by atoms with Gasteiger partial charge in [-0.1, -0.05) is 11.6 Å². The summed E-state index contributed by atoms with van der Waals surface area (Å²) in [4.78, 5) is 9.83. The summed E-state index contributed by atoms with van der Waals surface area (Å²) in [5.41, 5.74) is -0.555. The molecule has 0 aliphatic heterocycles. The standard InChI is InChI=1S/C11H13ClN2O5S/c12-8-1-4-11(10(7-8)14(16)17)20(18,19)13(5-6-15)9-2-3-9/h1,4,7,9,15H,2-3,5-6H2. The van der Waals surface area contributed by atoms with Crippen molar-refractivity contribution in [1.82, 2.24) is 4.31 Å². The van der Waals surface area contributed by atoms with Crippen molar-refractivity contribution in [2.45, 2.75) is 23.8 Å². The van der Waals surface area contributed by atoms with Gasteiger partial charge in [0.25, 0.3) is 5.69 Å². The van der Waals surface area contributed by atoms with Crippen LogP contribution in [0.1, 0.15) is 12.8 Å². The molecule has 0 heterocycles. The summed E-state index contributed by atoms with van der Waals surface area (Å²) in [5, 5.41) is 20.1. The molecule has 1 fully saturated rings. The molecule has 1 aromatic rings. The lowest BCUT2D eigenvalue weighted by Crippen LogP contribution is -2.35. The molecule has 7 nitrogen and oxygen atoms in total. The summed E-state index contributed by atoms with van der Waals surface area (Å²) < 4.78 is 26.1. The van der Waals surface area contributed by atoms with E-state index >= 15 is 0 Å². The number of nitro benzene ring substituents is 1. The van der Waals surface area contributed by atoms with Crippen LogP contribution in [0.3, 0.4) is 0 Å². The first-order chi connectivity index (χ1) is 9.37. The van der Waals surface area contributed by atoms with E-state index in [-0.39, 0.29) is 24.2 Å². The fourth-order valence-electron chi connectivity index (χ4n) is 1.94. The molecule has 1 N–H and O–H groups in total. The molecule has 0 unspecified atom stereocenters. The highest BCUT2D eigenvalue weighted by molar-refractivity contribution is 7.89. The summed E-state index contributed by atoms with van der Waals surface area (Å²) in [6.45, 7) is -0.413. The van der Waals surface area contributed by atoms with Crippen LogP contribution >= 0.6 is 11.6 Å². The molecule has 1 aliphatic carbocycles. The van der Waals surface area contributed by atoms with Crippen molar-refractivity contribution >= 4 is 27.3 Å². The number of benzene rings is 1. The smallest absolute Gasteiger partial charge is 0.290 e. The fourth-order valence-corrected chi connectivity index (χ4v) is 3.92. The summed E-state index contributed by atoms with van der Waals surface area (Å²) in [5.74, 6) is 0. The first-order valence-electron chi connectivity index (χ1n) is 5.94. The molecule has 0 aromatic heterocycles. The molecule has 0 saturated heterocycles. The van der Waals surface area contributed by atoms with Crippen molar-refractivity contribution in [1.29, 1.82) is 0 Å². The molecule has 0 amide bonds. The Labute approximate surface area is 121 Å². The lowest BCUT2D eigenvalue weighted by atomic mass is 10.3. The second-order valence-corrected chi connectivity index (χ2v) is 6.74. The van der Waals surface area contributed by atoms with E-state index < -0.39 is 25.5 Å². The quantitative estimate of drug-likeness (QED) is 0.630. The number of aliphatic hydroxyl groups is 1. The largest absolute Gasteiger partial charge is 0.395 e. The molecule has 0 radical (unpaired) electrons. The maximum atomic E-state index is 12.5. The Kier molecular flexibility index (Phi) is 4.28. The fraction of sp³-hybridized carbons (Fsp3) is 0.455. The monoisotopic (exact) mass is 320 g/mol. The van der Waals surface area contributed by atoms with Gasteiger partial charge in [0, 0.05) is 23.7 Å². The maximum absolute atomic E-state index is 12.5. The van der Waals surface area contributed by atoms with Crippen LogP contribution in [-0.2, 0) is 10.0 Å². The highest BCUT2D eigenvalue weighted by Crippen LogP contribution is 2.35. The van der Waals surface area contributed by atoms with Gasteiger partial charge in [-0.15, -0.1) is 0 Å². The van der Waals surface area contributed by atoms with Crippen molar-refractivity contribution in [3.05, 3.63) is 33.3 Å². The number of rotatable bonds is 6. The number of nitro groups is 1. The molecule has 110 valence electrons. The van der Waals surface area contributed by atoms with Gasteiger partial charge in [-0.3, -0.25) is 10.1 Å². The number of hydrogen-bond donors (Lipinski definition) is 1. The number of sulfonamides is 1. The highest BCUT2D eigenvalue weighted by atomic mass is 35.5. The molecular formula is C11H13ClN2O5S. The summed E-state index contributed by atoms with van der Waals surface area (Å²) >= 11 is 5.67. The van der Waals surface area contributed by atoms with Crippen molar-refractivity contribution in [2.75, 3.05) is 13.2 Å². The lowest BCUT2D eigenvalue weighted by molar-refractivity contribution is -0.387. The number of halogens is 1. The van der Waals surface area contributed by atoms with Crippen LogP contribution in [0.15, 0.2) is 23.1 Å². The SMILES string of the molecule is O=[N+]([O-])c1cc(Cl)ccc1S(=O)(=O)N(CCO)C1CC1. The molecule has 1 aliphatic rings. The molecule has 2 rings (SSSR count). The van der Waals surface area contributed by atoms with Crippen LogP contribution in [0.2, 0.25) is 5.02 Å². The van der Waals surface area contributed by atoms with Gasteiger partial charge in [-0.05, 0) is 25.0 Å². The van der Waals surface area contributed by atoms with E-state index in [1.165, 1.54) is 6.07 Å². The van der Waals surface area contributed by atoms with Crippen molar-refractivity contribution in [3.8, 4) is 0 Å². The first kappa shape index (κ1) is 15.2. The van der Waals surface area contributed by atoms with Crippen molar-refractivity contribution < 1.29 is 18.4 Å². The van der Waals surface area contributed by atoms with Gasteiger partial charge in [-0.2, -0.15) is 4.31 Å². The molecule has 0 spiro atoms. The lowest BCUT2D eigenvalue weighted by Gasteiger charge is -2.20. The van der Waals surface area contributed by atoms with Crippen LogP contribution in [0.5, 0.6) is 0 Å². The molecule has 0 bridgehead atoms. The minimum Gasteiger partial charge on any atom is -0.395 e. The third-order valence-corrected chi connectivity index (χ3v) is 5.21. The molecule has 9 heteroatoms. The predicted octanol–water partition coefficient (Wildman–Crippen LogP) is 1.39. The Hall–Kier alpha value is -1.22. The van der Waals surface area contributed by atoms with Crippen molar-refractivity contribution in [3.63, 3.8) is 0 Å². The van der Waals surface area contributed by atoms with E-state index in [0.29, 0.717) is 12.8 Å². The van der Waals surface area contributed by atoms with Gasteiger partial charge in [0.05, 0.1) is 11.5 Å². The zero-order chi connectivity index (χ0) is 14.9. The normalized spacial score (nSPS) is 15.6. The Bertz CT molecular complexity index is 630. The Morgan fingerprint density at radius 3 is 2.60 bits per heavy atom. The van der Waals surface area contributed by atoms with E-state index in [9.17, 15) is 18.5 Å². The number of hydrogen-bond acceptors (Lipinski definition) is 5. The second-order valence-electron chi connectivity index (χ2n) is 4.44. The molecule has 20 heavy (non-hydrogen) atoms. The Morgan fingerprint density at radius 2 is 2.10 bits per heavy atom. The van der Waals surface area contributed by atoms with E-state index in [2.05, 4.69) is 0 Å². The van der Waals surface area contributed by atoms with Gasteiger partial charge in [0.15, 0.2) is 4.90 Å². The van der Waals surface area contributed by atoms with Crippen LogP contribution in [0.4, 0.5) is 5.69 Å². The number of aliphatic hydroxyl groups excluding tert-OH is 1. The first-order valence-corrected chi connectivity index (χ1v) is 7.76. The van der Waals surface area contributed by atoms with Gasteiger partial charge in [0.1, 0.15) is 0 Å². The van der Waals surface area contributed by atoms with Gasteiger partial charge < -0.3 is 5.11 Å². The minimum atomic E-state index is -4.02. The summed E-state index contributed by atoms with van der Waals surface area (Å²) in [6, 6.07) is 3.24. The maximum Gasteiger partial charge on any atom is 0.290 e. The average Bonchev–Trinajstić information content (AvgIpc) is 3.19. The highest BCUT2D eigenvalue weighted by Gasteiger charge is 2.40. The zero-order valence-corrected chi connectivity index (χ0v) is 12.0. The molecule has 1 saturated carbocycles. The zero-order valence-electron chi connectivity index (χ0n) is 10.4. The Morgan fingerprint density at radius 1 is 1.45 bits per heavy atom. The number of nitrogens with zero attached hydrogens (tertiary/aromatic N) is 2. The van der Waals surface area contributed by atoms with Crippen LogP contribution in [0, 0.1) is 10.1 Å². The predicted molar refractivity (Wildman–Crippen MR) is 72.1 cm³/mol. The topological polar surface area (TPSA) is 101 Å². The van der Waals surface area contributed by atoms with E-state index in [1.54, 1.807) is 0 Å². The van der Waals surface area contributed by atoms with Gasteiger partial charge in [0.2, 0.25) is 10.0 Å².